The quantitative estimate of drug-likeness (QED) is 0.449. The first-order valence-electron chi connectivity index (χ1n) is 11.6. The Balaban J connectivity index is 1.33. The molecule has 1 aliphatic rings. The fraction of sp³-hybridized carbons (Fsp3) is 0.222. The lowest BCUT2D eigenvalue weighted by atomic mass is 9.96. The van der Waals surface area contributed by atoms with E-state index in [-0.39, 0.29) is 6.04 Å². The van der Waals surface area contributed by atoms with E-state index in [1.165, 1.54) is 11.1 Å². The van der Waals surface area contributed by atoms with Crippen LogP contribution in [0.3, 0.4) is 0 Å². The molecule has 0 saturated carbocycles. The maximum atomic E-state index is 6.50. The molecule has 5 rings (SSSR count). The van der Waals surface area contributed by atoms with E-state index in [9.17, 15) is 0 Å². The monoisotopic (exact) mass is 451 g/mol. The Bertz CT molecular complexity index is 1170. The summed E-state index contributed by atoms with van der Waals surface area (Å²) in [5.41, 5.74) is 10.8. The second-order valence-electron chi connectivity index (χ2n) is 8.55. The van der Waals surface area contributed by atoms with Crippen molar-refractivity contribution < 1.29 is 0 Å². The molecule has 2 aromatic heterocycles. The van der Waals surface area contributed by atoms with Crippen molar-refractivity contribution in [2.45, 2.75) is 13.0 Å². The lowest BCUT2D eigenvalue weighted by molar-refractivity contribution is 0.212. The van der Waals surface area contributed by atoms with E-state index in [2.05, 4.69) is 90.7 Å². The normalized spacial score (nSPS) is 14.4. The van der Waals surface area contributed by atoms with Crippen LogP contribution in [-0.2, 0) is 0 Å². The van der Waals surface area contributed by atoms with Gasteiger partial charge < -0.3 is 16.0 Å². The molecule has 0 radical (unpaired) electrons. The van der Waals surface area contributed by atoms with Gasteiger partial charge in [0.1, 0.15) is 17.8 Å². The summed E-state index contributed by atoms with van der Waals surface area (Å²) < 4.78 is 0. The third kappa shape index (κ3) is 4.70. The summed E-state index contributed by atoms with van der Waals surface area (Å²) in [6.45, 7) is 5.48. The van der Waals surface area contributed by atoms with Crippen LogP contribution in [0.5, 0.6) is 0 Å². The van der Waals surface area contributed by atoms with Gasteiger partial charge in [-0.25, -0.2) is 15.0 Å². The van der Waals surface area contributed by atoms with Gasteiger partial charge in [-0.15, -0.1) is 0 Å². The average Bonchev–Trinajstić information content (AvgIpc) is 2.89. The summed E-state index contributed by atoms with van der Waals surface area (Å²) in [7, 11) is 0. The summed E-state index contributed by atoms with van der Waals surface area (Å²) in [6.07, 6.45) is 3.38. The molecule has 7 nitrogen and oxygen atoms in total. The minimum atomic E-state index is 0.220. The number of aromatic nitrogens is 3. The van der Waals surface area contributed by atoms with Crippen LogP contribution in [0.15, 0.2) is 85.3 Å². The Kier molecular flexibility index (Phi) is 6.35. The summed E-state index contributed by atoms with van der Waals surface area (Å²) in [4.78, 5) is 18.0. The van der Waals surface area contributed by atoms with Crippen LogP contribution in [0.2, 0.25) is 0 Å². The van der Waals surface area contributed by atoms with Crippen molar-refractivity contribution in [1.29, 1.82) is 0 Å². The zero-order valence-corrected chi connectivity index (χ0v) is 19.3. The minimum absolute atomic E-state index is 0.220. The third-order valence-electron chi connectivity index (χ3n) is 6.23. The largest absolute Gasteiger partial charge is 0.393 e. The molecule has 3 N–H and O–H groups in total. The molecule has 4 aromatic rings. The van der Waals surface area contributed by atoms with Crippen molar-refractivity contribution in [1.82, 2.24) is 19.9 Å². The van der Waals surface area contributed by atoms with Crippen molar-refractivity contribution in [2.24, 2.45) is 0 Å². The van der Waals surface area contributed by atoms with Crippen molar-refractivity contribution in [3.05, 3.63) is 102 Å². The Labute approximate surface area is 200 Å². The Hall–Kier alpha value is -3.97. The molecule has 0 atom stereocenters. The molecule has 1 fully saturated rings. The summed E-state index contributed by atoms with van der Waals surface area (Å²) in [6, 6.07) is 25.6. The van der Waals surface area contributed by atoms with Gasteiger partial charge in [0.25, 0.3) is 0 Å². The molecule has 172 valence electrons. The Morgan fingerprint density at radius 3 is 2.03 bits per heavy atom. The van der Waals surface area contributed by atoms with Gasteiger partial charge in [0.15, 0.2) is 11.6 Å². The van der Waals surface area contributed by atoms with Crippen molar-refractivity contribution >= 4 is 23.1 Å². The van der Waals surface area contributed by atoms with E-state index in [0.29, 0.717) is 17.3 Å². The number of nitrogens with zero attached hydrogens (tertiary/aromatic N) is 5. The lowest BCUT2D eigenvalue weighted by Crippen LogP contribution is -2.48. The summed E-state index contributed by atoms with van der Waals surface area (Å²) in [5.74, 6) is 2.05. The smallest absolute Gasteiger partial charge is 0.160 e. The average molecular weight is 452 g/mol. The number of nitrogens with two attached hydrogens (primary N) is 1. The van der Waals surface area contributed by atoms with Gasteiger partial charge in [-0.1, -0.05) is 66.7 Å². The molecular formula is C27H29N7. The van der Waals surface area contributed by atoms with E-state index in [4.69, 9.17) is 5.73 Å². The van der Waals surface area contributed by atoms with Gasteiger partial charge in [-0.05, 0) is 29.7 Å². The number of anilines is 4. The van der Waals surface area contributed by atoms with E-state index in [0.717, 1.165) is 37.6 Å². The van der Waals surface area contributed by atoms with Gasteiger partial charge in [0.2, 0.25) is 0 Å². The van der Waals surface area contributed by atoms with Crippen LogP contribution in [0, 0.1) is 6.92 Å². The second kappa shape index (κ2) is 9.89. The fourth-order valence-electron chi connectivity index (χ4n) is 4.48. The van der Waals surface area contributed by atoms with Crippen LogP contribution in [0.4, 0.5) is 23.1 Å². The van der Waals surface area contributed by atoms with Gasteiger partial charge in [0.05, 0.1) is 6.04 Å². The Morgan fingerprint density at radius 1 is 0.794 bits per heavy atom. The van der Waals surface area contributed by atoms with Gasteiger partial charge in [-0.2, -0.15) is 0 Å². The molecule has 34 heavy (non-hydrogen) atoms. The Morgan fingerprint density at radius 2 is 1.44 bits per heavy atom. The van der Waals surface area contributed by atoms with Crippen LogP contribution >= 0.6 is 0 Å². The van der Waals surface area contributed by atoms with Gasteiger partial charge in [0, 0.05) is 32.4 Å². The molecule has 2 aromatic carbocycles. The van der Waals surface area contributed by atoms with Crippen LogP contribution in [0.1, 0.15) is 22.7 Å². The fourth-order valence-corrected chi connectivity index (χ4v) is 4.48. The van der Waals surface area contributed by atoms with Crippen molar-refractivity contribution in [3.8, 4) is 0 Å². The van der Waals surface area contributed by atoms with Crippen molar-refractivity contribution in [2.75, 3.05) is 42.1 Å². The SMILES string of the molecule is Cc1ccc(Nc2ncnc(N3CCN(C(c4ccccc4)c4ccccc4)CC3)c2N)nc1. The zero-order chi connectivity index (χ0) is 23.3. The second-order valence-corrected chi connectivity index (χ2v) is 8.55. The number of hydrogen-bond acceptors (Lipinski definition) is 7. The van der Waals surface area contributed by atoms with Gasteiger partial charge >= 0.3 is 0 Å². The molecule has 7 heteroatoms. The third-order valence-corrected chi connectivity index (χ3v) is 6.23. The first-order chi connectivity index (χ1) is 16.7. The highest BCUT2D eigenvalue weighted by Crippen LogP contribution is 2.32. The van der Waals surface area contributed by atoms with Crippen molar-refractivity contribution in [3.63, 3.8) is 0 Å². The first kappa shape index (κ1) is 21.9. The topological polar surface area (TPSA) is 83.2 Å². The van der Waals surface area contributed by atoms with Crippen LogP contribution in [0.25, 0.3) is 0 Å². The molecule has 0 aliphatic carbocycles. The standard InChI is InChI=1S/C27H29N7/c1-20-12-13-23(29-18-20)32-26-24(28)27(31-19-30-26)34-16-14-33(15-17-34)25(21-8-4-2-5-9-21)22-10-6-3-7-11-22/h2-13,18-19,25H,14-17,28H2,1H3,(H,29,30,31,32). The molecule has 1 aliphatic heterocycles. The number of nitrogen functional groups attached to an aromatic ring is 1. The summed E-state index contributed by atoms with van der Waals surface area (Å²) >= 11 is 0. The maximum Gasteiger partial charge on any atom is 0.160 e. The highest BCUT2D eigenvalue weighted by Gasteiger charge is 2.28. The predicted molar refractivity (Wildman–Crippen MR) is 137 cm³/mol. The molecule has 0 bridgehead atoms. The zero-order valence-electron chi connectivity index (χ0n) is 19.3. The molecule has 3 heterocycles. The molecule has 1 saturated heterocycles. The molecule has 0 amide bonds. The lowest BCUT2D eigenvalue weighted by Gasteiger charge is -2.40. The molecular weight excluding hydrogens is 422 g/mol. The van der Waals surface area contributed by atoms with E-state index in [1.54, 1.807) is 6.33 Å². The minimum Gasteiger partial charge on any atom is -0.393 e. The van der Waals surface area contributed by atoms with Gasteiger partial charge in [-0.3, -0.25) is 4.90 Å². The number of rotatable bonds is 6. The number of hydrogen-bond donors (Lipinski definition) is 2. The first-order valence-corrected chi connectivity index (χ1v) is 11.6. The number of piperazine rings is 1. The number of aryl methyl sites for hydroxylation is 1. The molecule has 0 unspecified atom stereocenters. The number of pyridine rings is 1. The van der Waals surface area contributed by atoms with E-state index >= 15 is 0 Å². The molecule has 0 spiro atoms. The van der Waals surface area contributed by atoms with Crippen LogP contribution in [-0.4, -0.2) is 46.0 Å². The number of nitrogens with one attached hydrogen (secondary N) is 1. The highest BCUT2D eigenvalue weighted by atomic mass is 15.3. The number of benzene rings is 2. The van der Waals surface area contributed by atoms with Crippen LogP contribution < -0.4 is 16.0 Å². The maximum absolute atomic E-state index is 6.50. The van der Waals surface area contributed by atoms with E-state index in [1.807, 2.05) is 25.3 Å². The summed E-state index contributed by atoms with van der Waals surface area (Å²) in [5, 5.41) is 3.22. The predicted octanol–water partition coefficient (Wildman–Crippen LogP) is 4.42. The van der Waals surface area contributed by atoms with E-state index < -0.39 is 0 Å². The highest BCUT2D eigenvalue weighted by molar-refractivity contribution is 5.77.